The van der Waals surface area contributed by atoms with Crippen molar-refractivity contribution in [1.29, 1.82) is 0 Å². The first-order valence-corrected chi connectivity index (χ1v) is 13.7. The zero-order chi connectivity index (χ0) is 22.9. The van der Waals surface area contributed by atoms with Gasteiger partial charge in [0.1, 0.15) is 0 Å². The Morgan fingerprint density at radius 2 is 1.79 bits per heavy atom. The van der Waals surface area contributed by atoms with Crippen LogP contribution in [0.5, 0.6) is 0 Å². The molecule has 33 heavy (non-hydrogen) atoms. The van der Waals surface area contributed by atoms with Crippen LogP contribution in [0.1, 0.15) is 36.8 Å². The van der Waals surface area contributed by atoms with Crippen LogP contribution >= 0.6 is 35.0 Å². The van der Waals surface area contributed by atoms with Crippen molar-refractivity contribution in [2.24, 2.45) is 0 Å². The lowest BCUT2D eigenvalue weighted by Gasteiger charge is -2.39. The van der Waals surface area contributed by atoms with E-state index in [4.69, 9.17) is 23.2 Å². The van der Waals surface area contributed by atoms with Gasteiger partial charge in [0.2, 0.25) is 5.91 Å². The van der Waals surface area contributed by atoms with E-state index in [-0.39, 0.29) is 11.9 Å². The van der Waals surface area contributed by atoms with Gasteiger partial charge in [0.05, 0.1) is 17.4 Å². The monoisotopic (exact) mass is 502 g/mol. The summed E-state index contributed by atoms with van der Waals surface area (Å²) < 4.78 is 0. The molecular weight excluding hydrogens is 473 g/mol. The number of aryl methyl sites for hydroxylation is 1. The molecular formula is C26H30Cl2N3OS. The van der Waals surface area contributed by atoms with Crippen LogP contribution in [0.4, 0.5) is 11.4 Å². The lowest BCUT2D eigenvalue weighted by atomic mass is 10.1. The van der Waals surface area contributed by atoms with Crippen molar-refractivity contribution in [3.05, 3.63) is 64.5 Å². The highest BCUT2D eigenvalue weighted by Gasteiger charge is 2.39. The predicted molar refractivity (Wildman–Crippen MR) is 141 cm³/mol. The molecule has 2 aromatic carbocycles. The van der Waals surface area contributed by atoms with Gasteiger partial charge in [0.15, 0.2) is 0 Å². The first-order valence-electron chi connectivity index (χ1n) is 11.8. The van der Waals surface area contributed by atoms with Gasteiger partial charge in [-0.1, -0.05) is 48.7 Å². The highest BCUT2D eigenvalue weighted by molar-refractivity contribution is 7.99. The van der Waals surface area contributed by atoms with Crippen molar-refractivity contribution in [2.45, 2.75) is 50.7 Å². The maximum atomic E-state index is 13.8. The normalized spacial score (nSPS) is 20.9. The van der Waals surface area contributed by atoms with Gasteiger partial charge in [-0.2, -0.15) is 0 Å². The van der Waals surface area contributed by atoms with Gasteiger partial charge in [-0.05, 0) is 61.1 Å². The van der Waals surface area contributed by atoms with E-state index in [0.717, 1.165) is 70.8 Å². The van der Waals surface area contributed by atoms with Crippen LogP contribution in [0.15, 0.2) is 36.4 Å². The first kappa shape index (κ1) is 23.3. The number of para-hydroxylation sites is 2. The largest absolute Gasteiger partial charge is 0.365 e. The summed E-state index contributed by atoms with van der Waals surface area (Å²) in [5.74, 6) is 1.81. The molecule has 2 aromatic rings. The summed E-state index contributed by atoms with van der Waals surface area (Å²) >= 11 is 15.0. The second kappa shape index (κ2) is 10.1. The summed E-state index contributed by atoms with van der Waals surface area (Å²) in [6.45, 7) is 6.19. The lowest BCUT2D eigenvalue weighted by molar-refractivity contribution is -0.122. The Morgan fingerprint density at radius 3 is 2.55 bits per heavy atom. The molecule has 0 aromatic heterocycles. The van der Waals surface area contributed by atoms with Crippen molar-refractivity contribution in [3.8, 4) is 0 Å². The number of unbranched alkanes of at least 4 members (excludes halogenated alkanes) is 1. The number of amides is 1. The molecule has 2 aliphatic heterocycles. The molecule has 0 unspecified atom stereocenters. The summed E-state index contributed by atoms with van der Waals surface area (Å²) in [4.78, 5) is 20.5. The number of hydrogen-bond acceptors (Lipinski definition) is 4. The van der Waals surface area contributed by atoms with Crippen LogP contribution in [-0.2, 0) is 17.8 Å². The molecule has 0 spiro atoms. The number of anilines is 2. The third-order valence-electron chi connectivity index (χ3n) is 6.84. The van der Waals surface area contributed by atoms with E-state index < -0.39 is 0 Å². The second-order valence-corrected chi connectivity index (χ2v) is 11.0. The number of fused-ring (bicyclic) bond motifs is 1. The summed E-state index contributed by atoms with van der Waals surface area (Å²) in [6, 6.07) is 12.8. The number of halogens is 2. The van der Waals surface area contributed by atoms with E-state index in [0.29, 0.717) is 12.6 Å². The summed E-state index contributed by atoms with van der Waals surface area (Å²) in [6.07, 6.45) is 5.27. The number of hydrogen-bond donors (Lipinski definition) is 0. The van der Waals surface area contributed by atoms with Gasteiger partial charge in [0.25, 0.3) is 0 Å². The Morgan fingerprint density at radius 1 is 1.06 bits per heavy atom. The zero-order valence-electron chi connectivity index (χ0n) is 18.8. The van der Waals surface area contributed by atoms with Crippen LogP contribution in [0.25, 0.3) is 0 Å². The molecule has 2 fully saturated rings. The molecule has 1 saturated carbocycles. The molecule has 7 heteroatoms. The average Bonchev–Trinajstić information content (AvgIpc) is 3.57. The van der Waals surface area contributed by atoms with Gasteiger partial charge < -0.3 is 9.80 Å². The standard InChI is InChI=1S/C26H30Cl2N3OS/c1-2-3-6-18-13-22(28)19(14-21(18)27)15-29-17-33-16-25(29)26(32)31-12-11-30(20-9-10-20)23-7-4-5-8-24(23)31/h4-5,7-8,13-14,20,25H,1-3,6,9-12,15-17H2/t25-/m0/s1. The molecule has 175 valence electrons. The molecule has 0 bridgehead atoms. The third kappa shape index (κ3) is 4.88. The number of carbonyl (C=O) groups excluding carboxylic acids is 1. The van der Waals surface area contributed by atoms with Gasteiger partial charge in [0, 0.05) is 47.4 Å². The van der Waals surface area contributed by atoms with Crippen LogP contribution in [-0.4, -0.2) is 47.6 Å². The van der Waals surface area contributed by atoms with Gasteiger partial charge >= 0.3 is 0 Å². The fourth-order valence-corrected chi connectivity index (χ4v) is 6.61. The quantitative estimate of drug-likeness (QED) is 0.460. The van der Waals surface area contributed by atoms with Crippen LogP contribution in [0.3, 0.4) is 0 Å². The van der Waals surface area contributed by atoms with E-state index in [1.807, 2.05) is 34.9 Å². The fraction of sp³-hybridized carbons (Fsp3) is 0.462. The number of thioether (sulfide) groups is 1. The minimum absolute atomic E-state index is 0.156. The fourth-order valence-electron chi connectivity index (χ4n) is 4.89. The van der Waals surface area contributed by atoms with Crippen molar-refractivity contribution in [1.82, 2.24) is 4.90 Å². The van der Waals surface area contributed by atoms with E-state index in [9.17, 15) is 4.79 Å². The van der Waals surface area contributed by atoms with E-state index in [1.54, 1.807) is 0 Å². The number of carbonyl (C=O) groups is 1. The maximum Gasteiger partial charge on any atom is 0.245 e. The SMILES string of the molecule is [CH2]CCCc1cc(Cl)c(CN2CSC[C@H]2C(=O)N2CCN(C3CC3)c3ccccc32)cc1Cl. The Balaban J connectivity index is 1.33. The van der Waals surface area contributed by atoms with Crippen LogP contribution < -0.4 is 9.80 Å². The zero-order valence-corrected chi connectivity index (χ0v) is 21.1. The van der Waals surface area contributed by atoms with Gasteiger partial charge in [-0.25, -0.2) is 0 Å². The average molecular weight is 504 g/mol. The number of nitrogens with zero attached hydrogens (tertiary/aromatic N) is 3. The van der Waals surface area contributed by atoms with Crippen LogP contribution in [0.2, 0.25) is 10.0 Å². The maximum absolute atomic E-state index is 13.8. The highest BCUT2D eigenvalue weighted by atomic mass is 35.5. The first-order chi connectivity index (χ1) is 16.1. The summed E-state index contributed by atoms with van der Waals surface area (Å²) in [5, 5.41) is 1.48. The molecule has 4 nitrogen and oxygen atoms in total. The van der Waals surface area contributed by atoms with Gasteiger partial charge in [-0.15, -0.1) is 11.8 Å². The van der Waals surface area contributed by atoms with E-state index >= 15 is 0 Å². The highest BCUT2D eigenvalue weighted by Crippen LogP contribution is 2.41. The van der Waals surface area contributed by atoms with Crippen molar-refractivity contribution in [3.63, 3.8) is 0 Å². The molecule has 1 atom stereocenters. The molecule has 0 N–H and O–H groups in total. The molecule has 2 heterocycles. The topological polar surface area (TPSA) is 26.8 Å². The van der Waals surface area contributed by atoms with Crippen molar-refractivity contribution >= 4 is 52.2 Å². The lowest BCUT2D eigenvalue weighted by Crippen LogP contribution is -2.52. The molecule has 5 rings (SSSR count). The minimum atomic E-state index is -0.156. The predicted octanol–water partition coefficient (Wildman–Crippen LogP) is 6.04. The minimum Gasteiger partial charge on any atom is -0.365 e. The smallest absolute Gasteiger partial charge is 0.245 e. The summed E-state index contributed by atoms with van der Waals surface area (Å²) in [5.41, 5.74) is 4.31. The molecule has 1 saturated heterocycles. The van der Waals surface area contributed by atoms with Gasteiger partial charge in [-0.3, -0.25) is 9.69 Å². The Kier molecular flexibility index (Phi) is 7.12. The Bertz CT molecular complexity index is 1030. The Labute approximate surface area is 211 Å². The molecule has 1 radical (unpaired) electrons. The summed E-state index contributed by atoms with van der Waals surface area (Å²) in [7, 11) is 0. The van der Waals surface area contributed by atoms with Crippen molar-refractivity contribution < 1.29 is 4.79 Å². The van der Waals surface area contributed by atoms with Crippen LogP contribution in [0, 0.1) is 6.92 Å². The number of benzene rings is 2. The van der Waals surface area contributed by atoms with Crippen molar-refractivity contribution in [2.75, 3.05) is 34.5 Å². The molecule has 1 amide bonds. The van der Waals surface area contributed by atoms with E-state index in [2.05, 4.69) is 34.9 Å². The Hall–Kier alpha value is -1.40. The van der Waals surface area contributed by atoms with E-state index in [1.165, 1.54) is 18.5 Å². The molecule has 1 aliphatic carbocycles. The third-order valence-corrected chi connectivity index (χ3v) is 8.61. The molecule has 3 aliphatic rings. The number of rotatable bonds is 7. The second-order valence-electron chi connectivity index (χ2n) is 9.16.